The highest BCUT2D eigenvalue weighted by atomic mass is 32.2. The highest BCUT2D eigenvalue weighted by molar-refractivity contribution is 7.92. The Balaban J connectivity index is 2.14. The molecule has 0 bridgehead atoms. The summed E-state index contributed by atoms with van der Waals surface area (Å²) in [5, 5.41) is 0. The zero-order valence-electron chi connectivity index (χ0n) is 13.0. The quantitative estimate of drug-likeness (QED) is 0.800. The number of hydrogen-bond donors (Lipinski definition) is 0. The summed E-state index contributed by atoms with van der Waals surface area (Å²) in [6.07, 6.45) is 1.10. The molecule has 1 heterocycles. The molecular formula is C17H16FNO4S. The van der Waals surface area contributed by atoms with E-state index in [2.05, 4.69) is 0 Å². The van der Waals surface area contributed by atoms with E-state index in [4.69, 9.17) is 4.74 Å². The normalized spacial score (nSPS) is 14.2. The number of benzene rings is 2. The standard InChI is InChI=1S/C17H16FNO4S/c1-23-17(20)13-6-4-9-15-12(13)7-5-11-19(15)24(21,22)16-10-3-2-8-14(16)18/h2-4,6,8-10H,5,7,11H2,1H3. The Morgan fingerprint density at radius 3 is 2.62 bits per heavy atom. The molecule has 1 aliphatic rings. The van der Waals surface area contributed by atoms with E-state index in [1.165, 1.54) is 25.3 Å². The van der Waals surface area contributed by atoms with Crippen LogP contribution in [0.4, 0.5) is 10.1 Å². The van der Waals surface area contributed by atoms with Crippen molar-refractivity contribution < 1.29 is 22.3 Å². The minimum Gasteiger partial charge on any atom is -0.465 e. The molecule has 1 aliphatic heterocycles. The lowest BCUT2D eigenvalue weighted by molar-refractivity contribution is 0.0599. The molecule has 0 saturated heterocycles. The topological polar surface area (TPSA) is 63.7 Å². The molecule has 5 nitrogen and oxygen atoms in total. The van der Waals surface area contributed by atoms with Gasteiger partial charge in [0.2, 0.25) is 0 Å². The van der Waals surface area contributed by atoms with Gasteiger partial charge in [-0.15, -0.1) is 0 Å². The van der Waals surface area contributed by atoms with Crippen molar-refractivity contribution in [2.45, 2.75) is 17.7 Å². The minimum atomic E-state index is -4.05. The molecule has 0 spiro atoms. The van der Waals surface area contributed by atoms with Gasteiger partial charge in [0.15, 0.2) is 0 Å². The van der Waals surface area contributed by atoms with Crippen molar-refractivity contribution in [2.24, 2.45) is 0 Å². The molecule has 3 rings (SSSR count). The zero-order valence-corrected chi connectivity index (χ0v) is 13.8. The van der Waals surface area contributed by atoms with Crippen LogP contribution in [0.25, 0.3) is 0 Å². The van der Waals surface area contributed by atoms with E-state index in [-0.39, 0.29) is 11.4 Å². The molecule has 24 heavy (non-hydrogen) atoms. The van der Waals surface area contributed by atoms with E-state index in [0.29, 0.717) is 29.7 Å². The largest absolute Gasteiger partial charge is 0.465 e. The summed E-state index contributed by atoms with van der Waals surface area (Å²) in [6.45, 7) is 0.230. The summed E-state index contributed by atoms with van der Waals surface area (Å²) in [5.74, 6) is -1.31. The van der Waals surface area contributed by atoms with E-state index >= 15 is 0 Å². The van der Waals surface area contributed by atoms with Crippen LogP contribution >= 0.6 is 0 Å². The average molecular weight is 349 g/mol. The summed E-state index contributed by atoms with van der Waals surface area (Å²) in [5.41, 5.74) is 1.34. The Labute approximate surface area is 139 Å². The summed E-state index contributed by atoms with van der Waals surface area (Å²) in [7, 11) is -2.77. The number of hydrogen-bond acceptors (Lipinski definition) is 4. The number of anilines is 1. The van der Waals surface area contributed by atoms with Gasteiger partial charge in [0.25, 0.3) is 10.0 Å². The highest BCUT2D eigenvalue weighted by Crippen LogP contribution is 2.34. The maximum atomic E-state index is 14.0. The molecule has 2 aromatic rings. The Morgan fingerprint density at radius 1 is 1.17 bits per heavy atom. The second-order valence-corrected chi connectivity index (χ2v) is 7.24. The van der Waals surface area contributed by atoms with Crippen molar-refractivity contribution in [3.05, 3.63) is 59.4 Å². The van der Waals surface area contributed by atoms with Gasteiger partial charge in [-0.2, -0.15) is 0 Å². The molecule has 2 aromatic carbocycles. The van der Waals surface area contributed by atoms with Crippen LogP contribution in [-0.4, -0.2) is 28.0 Å². The number of nitrogens with zero attached hydrogens (tertiary/aromatic N) is 1. The van der Waals surface area contributed by atoms with Crippen LogP contribution in [0, 0.1) is 5.82 Å². The summed E-state index contributed by atoms with van der Waals surface area (Å²) in [6, 6.07) is 10.1. The van der Waals surface area contributed by atoms with Crippen molar-refractivity contribution in [2.75, 3.05) is 18.0 Å². The van der Waals surface area contributed by atoms with Gasteiger partial charge in [0.1, 0.15) is 10.7 Å². The SMILES string of the molecule is COC(=O)c1cccc2c1CCCN2S(=O)(=O)c1ccccc1F. The number of fused-ring (bicyclic) bond motifs is 1. The van der Waals surface area contributed by atoms with Crippen LogP contribution in [-0.2, 0) is 21.2 Å². The number of ether oxygens (including phenoxy) is 1. The van der Waals surface area contributed by atoms with Gasteiger partial charge in [-0.3, -0.25) is 4.31 Å². The van der Waals surface area contributed by atoms with Crippen LogP contribution in [0.3, 0.4) is 0 Å². The summed E-state index contributed by atoms with van der Waals surface area (Å²) in [4.78, 5) is 11.5. The lowest BCUT2D eigenvalue weighted by atomic mass is 9.98. The molecule has 126 valence electrons. The van der Waals surface area contributed by atoms with E-state index < -0.39 is 21.8 Å². The van der Waals surface area contributed by atoms with Gasteiger partial charge in [-0.05, 0) is 42.7 Å². The number of sulfonamides is 1. The van der Waals surface area contributed by atoms with Crippen molar-refractivity contribution >= 4 is 21.7 Å². The third kappa shape index (κ3) is 2.65. The van der Waals surface area contributed by atoms with Crippen LogP contribution < -0.4 is 4.31 Å². The van der Waals surface area contributed by atoms with Crippen molar-refractivity contribution in [3.63, 3.8) is 0 Å². The third-order valence-corrected chi connectivity index (χ3v) is 5.86. The van der Waals surface area contributed by atoms with E-state index in [0.717, 1.165) is 10.4 Å². The molecule has 0 aliphatic carbocycles. The molecule has 0 saturated carbocycles. The third-order valence-electron chi connectivity index (χ3n) is 4.02. The number of methoxy groups -OCH3 is 1. The van der Waals surface area contributed by atoms with Crippen LogP contribution in [0.5, 0.6) is 0 Å². The first-order valence-corrected chi connectivity index (χ1v) is 8.88. The fourth-order valence-electron chi connectivity index (χ4n) is 2.91. The van der Waals surface area contributed by atoms with E-state index in [1.807, 2.05) is 0 Å². The Kier molecular flexibility index (Phi) is 4.28. The van der Waals surface area contributed by atoms with Crippen molar-refractivity contribution in [1.82, 2.24) is 0 Å². The molecule has 0 atom stereocenters. The molecule has 7 heteroatoms. The van der Waals surface area contributed by atoms with Crippen LogP contribution in [0.1, 0.15) is 22.3 Å². The smallest absolute Gasteiger partial charge is 0.338 e. The fourth-order valence-corrected chi connectivity index (χ4v) is 4.52. The first kappa shape index (κ1) is 16.4. The van der Waals surface area contributed by atoms with E-state index in [9.17, 15) is 17.6 Å². The molecule has 0 amide bonds. The minimum absolute atomic E-state index is 0.230. The summed E-state index contributed by atoms with van der Waals surface area (Å²) >= 11 is 0. The number of halogens is 1. The first-order valence-electron chi connectivity index (χ1n) is 7.44. The fraction of sp³-hybridized carbons (Fsp3) is 0.235. The van der Waals surface area contributed by atoms with E-state index in [1.54, 1.807) is 18.2 Å². The molecule has 0 radical (unpaired) electrons. The number of rotatable bonds is 3. The van der Waals surface area contributed by atoms with Crippen molar-refractivity contribution in [1.29, 1.82) is 0 Å². The maximum absolute atomic E-state index is 14.0. The lowest BCUT2D eigenvalue weighted by Crippen LogP contribution is -2.36. The Hall–Kier alpha value is -2.41. The predicted octanol–water partition coefficient (Wildman–Crippen LogP) is 2.75. The Morgan fingerprint density at radius 2 is 1.92 bits per heavy atom. The van der Waals surface area contributed by atoms with Gasteiger partial charge < -0.3 is 4.74 Å². The number of esters is 1. The van der Waals surface area contributed by atoms with Crippen LogP contribution in [0.15, 0.2) is 47.4 Å². The average Bonchev–Trinajstić information content (AvgIpc) is 2.60. The van der Waals surface area contributed by atoms with Gasteiger partial charge in [0.05, 0.1) is 18.4 Å². The maximum Gasteiger partial charge on any atom is 0.338 e. The lowest BCUT2D eigenvalue weighted by Gasteiger charge is -2.31. The highest BCUT2D eigenvalue weighted by Gasteiger charge is 2.32. The molecule has 0 unspecified atom stereocenters. The second-order valence-electron chi connectivity index (χ2n) is 5.41. The number of carbonyl (C=O) groups is 1. The molecule has 0 fully saturated rings. The van der Waals surface area contributed by atoms with Gasteiger partial charge in [-0.1, -0.05) is 18.2 Å². The number of carbonyl (C=O) groups excluding carboxylic acids is 1. The van der Waals surface area contributed by atoms with Gasteiger partial charge in [-0.25, -0.2) is 17.6 Å². The first-order chi connectivity index (χ1) is 11.5. The monoisotopic (exact) mass is 349 g/mol. The van der Waals surface area contributed by atoms with Crippen LogP contribution in [0.2, 0.25) is 0 Å². The van der Waals surface area contributed by atoms with Gasteiger partial charge in [0, 0.05) is 6.54 Å². The predicted molar refractivity (Wildman–Crippen MR) is 87.0 cm³/mol. The molecule has 0 aromatic heterocycles. The zero-order chi connectivity index (χ0) is 17.3. The molecule has 0 N–H and O–H groups in total. The van der Waals surface area contributed by atoms with Gasteiger partial charge >= 0.3 is 5.97 Å². The second kappa shape index (κ2) is 6.24. The molecular weight excluding hydrogens is 333 g/mol. The van der Waals surface area contributed by atoms with Crippen molar-refractivity contribution in [3.8, 4) is 0 Å². The summed E-state index contributed by atoms with van der Waals surface area (Å²) < 4.78 is 45.7. The Bertz CT molecular complexity index is 895.